The molecule has 0 fully saturated rings. The van der Waals surface area contributed by atoms with Crippen LogP contribution in [0.1, 0.15) is 29.8 Å². The van der Waals surface area contributed by atoms with Gasteiger partial charge in [-0.25, -0.2) is 4.99 Å². The number of nitrogens with zero attached hydrogens (tertiary/aromatic N) is 2. The minimum atomic E-state index is -0.219. The van der Waals surface area contributed by atoms with Gasteiger partial charge in [-0.05, 0) is 24.6 Å². The molecule has 2 aromatic carbocycles. The Morgan fingerprint density at radius 2 is 1.88 bits per heavy atom. The van der Waals surface area contributed by atoms with E-state index in [1.807, 2.05) is 57.2 Å². The molecule has 1 heterocycles. The first-order chi connectivity index (χ1) is 12.4. The highest BCUT2D eigenvalue weighted by Gasteiger charge is 2.19. The second-order valence-electron chi connectivity index (χ2n) is 6.51. The average molecular weight is 350 g/mol. The van der Waals surface area contributed by atoms with E-state index in [1.165, 1.54) is 6.20 Å². The predicted molar refractivity (Wildman–Crippen MR) is 101 cm³/mol. The molecule has 5 nitrogen and oxygen atoms in total. The highest BCUT2D eigenvalue weighted by Crippen LogP contribution is 2.25. The van der Waals surface area contributed by atoms with Gasteiger partial charge in [-0.3, -0.25) is 4.79 Å². The number of carbonyl (C=O) groups is 1. The van der Waals surface area contributed by atoms with E-state index in [0.717, 1.165) is 16.0 Å². The molecule has 3 aromatic rings. The zero-order valence-electron chi connectivity index (χ0n) is 15.4. The third-order valence-corrected chi connectivity index (χ3v) is 4.35. The summed E-state index contributed by atoms with van der Waals surface area (Å²) in [7, 11) is 1.54. The highest BCUT2D eigenvalue weighted by atomic mass is 16.5. The molecule has 5 heteroatoms. The first-order valence-electron chi connectivity index (χ1n) is 8.50. The van der Waals surface area contributed by atoms with Crippen molar-refractivity contribution in [2.24, 2.45) is 10.9 Å². The van der Waals surface area contributed by atoms with Crippen LogP contribution in [0.15, 0.2) is 53.7 Å². The van der Waals surface area contributed by atoms with E-state index in [2.05, 4.69) is 0 Å². The monoisotopic (exact) mass is 350 g/mol. The van der Waals surface area contributed by atoms with E-state index in [-0.39, 0.29) is 11.7 Å². The largest absolute Gasteiger partial charge is 0.494 e. The number of benzene rings is 2. The fourth-order valence-corrected chi connectivity index (χ4v) is 2.93. The van der Waals surface area contributed by atoms with Crippen molar-refractivity contribution in [1.82, 2.24) is 4.73 Å². The van der Waals surface area contributed by atoms with Crippen molar-refractivity contribution in [3.8, 4) is 5.75 Å². The lowest BCUT2D eigenvalue weighted by Gasteiger charge is -2.13. The van der Waals surface area contributed by atoms with E-state index in [0.29, 0.717) is 27.6 Å². The topological polar surface area (TPSA) is 63.8 Å². The maximum Gasteiger partial charge on any atom is 0.169 e. The number of methoxy groups -OCH3 is 1. The Labute approximate surface area is 152 Å². The highest BCUT2D eigenvalue weighted by molar-refractivity contribution is 6.00. The van der Waals surface area contributed by atoms with Gasteiger partial charge in [0.2, 0.25) is 0 Å². The fraction of sp³-hybridized carbons (Fsp3) is 0.238. The lowest BCUT2D eigenvalue weighted by Crippen LogP contribution is -2.23. The number of para-hydroxylation sites is 2. The molecule has 0 aliphatic carbocycles. The number of Topliss-reactive ketones (excluding diaryl/α,β-unsaturated/α-hetero) is 1. The number of pyridine rings is 1. The maximum absolute atomic E-state index is 12.8. The third kappa shape index (κ3) is 3.08. The molecule has 0 amide bonds. The molecule has 0 saturated carbocycles. The van der Waals surface area contributed by atoms with Crippen molar-refractivity contribution in [3.63, 3.8) is 0 Å². The van der Waals surface area contributed by atoms with Gasteiger partial charge in [-0.2, -0.15) is 4.73 Å². The van der Waals surface area contributed by atoms with Crippen LogP contribution in [0.5, 0.6) is 5.75 Å². The smallest absolute Gasteiger partial charge is 0.169 e. The standard InChI is InChI=1S/C21H22N2O3/c1-13(2)21(24)16-12-23(25)20-15(9-7-11-18(20)26-4)19(16)22-17-10-6-5-8-14(17)3/h5-13,25H,1-4H3. The van der Waals surface area contributed by atoms with Crippen LogP contribution in [0.3, 0.4) is 0 Å². The van der Waals surface area contributed by atoms with Gasteiger partial charge in [0.25, 0.3) is 0 Å². The SMILES string of the molecule is COc1cccc2c(=Nc3ccccc3C)c(C(=O)C(C)C)cn(O)c12. The van der Waals surface area contributed by atoms with Crippen LogP contribution in [0.4, 0.5) is 5.69 Å². The Bertz CT molecular complexity index is 1050. The fourth-order valence-electron chi connectivity index (χ4n) is 2.93. The van der Waals surface area contributed by atoms with Gasteiger partial charge in [-0.1, -0.05) is 44.2 Å². The molecule has 0 aliphatic rings. The minimum Gasteiger partial charge on any atom is -0.494 e. The van der Waals surface area contributed by atoms with Crippen LogP contribution in [-0.2, 0) is 0 Å². The van der Waals surface area contributed by atoms with Crippen molar-refractivity contribution >= 4 is 22.4 Å². The minimum absolute atomic E-state index is 0.0788. The van der Waals surface area contributed by atoms with Gasteiger partial charge >= 0.3 is 0 Å². The summed E-state index contributed by atoms with van der Waals surface area (Å²) in [5.74, 6) is 0.212. The van der Waals surface area contributed by atoms with Crippen LogP contribution >= 0.6 is 0 Å². The molecule has 0 aliphatic heterocycles. The average Bonchev–Trinajstić information content (AvgIpc) is 2.64. The zero-order chi connectivity index (χ0) is 18.8. The Morgan fingerprint density at radius 1 is 1.15 bits per heavy atom. The molecular weight excluding hydrogens is 328 g/mol. The van der Waals surface area contributed by atoms with Gasteiger partial charge in [-0.15, -0.1) is 0 Å². The summed E-state index contributed by atoms with van der Waals surface area (Å²) in [6.45, 7) is 5.63. The van der Waals surface area contributed by atoms with Crippen molar-refractivity contribution in [3.05, 3.63) is 65.1 Å². The van der Waals surface area contributed by atoms with Crippen molar-refractivity contribution in [2.75, 3.05) is 7.11 Å². The lowest BCUT2D eigenvalue weighted by molar-refractivity contribution is 0.0933. The molecule has 0 unspecified atom stereocenters. The Kier molecular flexibility index (Phi) is 4.80. The van der Waals surface area contributed by atoms with Crippen LogP contribution in [0.2, 0.25) is 0 Å². The summed E-state index contributed by atoms with van der Waals surface area (Å²) in [6, 6.07) is 13.2. The second-order valence-corrected chi connectivity index (χ2v) is 6.51. The number of ketones is 1. The van der Waals surface area contributed by atoms with E-state index < -0.39 is 0 Å². The number of carbonyl (C=O) groups excluding carboxylic acids is 1. The Balaban J connectivity index is 2.48. The second kappa shape index (κ2) is 7.04. The Hall–Kier alpha value is -3.08. The number of aryl methyl sites for hydroxylation is 1. The quantitative estimate of drug-likeness (QED) is 0.565. The number of fused-ring (bicyclic) bond motifs is 1. The number of hydrogen-bond donors (Lipinski definition) is 1. The summed E-state index contributed by atoms with van der Waals surface area (Å²) < 4.78 is 6.32. The maximum atomic E-state index is 12.8. The number of rotatable bonds is 4. The molecule has 0 spiro atoms. The number of hydrogen-bond acceptors (Lipinski definition) is 4. The summed E-state index contributed by atoms with van der Waals surface area (Å²) in [5.41, 5.74) is 2.64. The van der Waals surface area contributed by atoms with E-state index in [9.17, 15) is 10.0 Å². The van der Waals surface area contributed by atoms with Crippen molar-refractivity contribution < 1.29 is 14.7 Å². The van der Waals surface area contributed by atoms with Crippen LogP contribution < -0.4 is 10.1 Å². The normalized spacial score (nSPS) is 12.0. The molecule has 0 atom stereocenters. The van der Waals surface area contributed by atoms with Crippen molar-refractivity contribution in [1.29, 1.82) is 0 Å². The summed E-state index contributed by atoms with van der Waals surface area (Å²) in [5, 5.41) is 11.7. The third-order valence-electron chi connectivity index (χ3n) is 4.35. The van der Waals surface area contributed by atoms with Crippen LogP contribution in [-0.4, -0.2) is 22.8 Å². The summed E-state index contributed by atoms with van der Waals surface area (Å²) in [6.07, 6.45) is 1.42. The van der Waals surface area contributed by atoms with Gasteiger partial charge in [0.1, 0.15) is 11.3 Å². The number of ether oxygens (including phenoxy) is 1. The first kappa shape index (κ1) is 17.7. The molecule has 0 radical (unpaired) electrons. The van der Waals surface area contributed by atoms with Gasteiger partial charge in [0, 0.05) is 11.3 Å². The number of aromatic nitrogens is 1. The van der Waals surface area contributed by atoms with Gasteiger partial charge in [0.05, 0.1) is 29.9 Å². The Morgan fingerprint density at radius 3 is 2.54 bits per heavy atom. The van der Waals surface area contributed by atoms with E-state index >= 15 is 0 Å². The van der Waals surface area contributed by atoms with Gasteiger partial charge in [0.15, 0.2) is 5.78 Å². The zero-order valence-corrected chi connectivity index (χ0v) is 15.4. The molecule has 3 rings (SSSR count). The first-order valence-corrected chi connectivity index (χ1v) is 8.50. The molecule has 1 N–H and O–H groups in total. The van der Waals surface area contributed by atoms with Gasteiger partial charge < -0.3 is 9.94 Å². The van der Waals surface area contributed by atoms with Crippen LogP contribution in [0.25, 0.3) is 10.9 Å². The van der Waals surface area contributed by atoms with E-state index in [1.54, 1.807) is 13.2 Å². The van der Waals surface area contributed by atoms with Crippen LogP contribution in [0, 0.1) is 12.8 Å². The predicted octanol–water partition coefficient (Wildman–Crippen LogP) is 4.27. The lowest BCUT2D eigenvalue weighted by atomic mass is 10.00. The molecule has 0 saturated heterocycles. The molecule has 26 heavy (non-hydrogen) atoms. The van der Waals surface area contributed by atoms with E-state index in [4.69, 9.17) is 9.73 Å². The molecule has 134 valence electrons. The summed E-state index contributed by atoms with van der Waals surface area (Å²) in [4.78, 5) is 17.6. The molecule has 1 aromatic heterocycles. The molecule has 0 bridgehead atoms. The molecular formula is C21H22N2O3. The summed E-state index contributed by atoms with van der Waals surface area (Å²) >= 11 is 0. The van der Waals surface area contributed by atoms with Crippen molar-refractivity contribution in [2.45, 2.75) is 20.8 Å².